The standard InChI is InChI=1S/C10H20NO5P/c1-4-7-14-17(13,15-8-5-2)16-9-11-10(12)6-3/h6H,3-5,7-9H2,1-2H3,(H,11,12). The molecule has 0 aliphatic heterocycles. The van der Waals surface area contributed by atoms with Crippen LogP contribution in [0.2, 0.25) is 0 Å². The van der Waals surface area contributed by atoms with Crippen LogP contribution in [0.4, 0.5) is 0 Å². The van der Waals surface area contributed by atoms with Crippen molar-refractivity contribution >= 4 is 13.7 Å². The highest BCUT2D eigenvalue weighted by atomic mass is 31.2. The van der Waals surface area contributed by atoms with Crippen LogP contribution in [0.25, 0.3) is 0 Å². The average molecular weight is 265 g/mol. The number of amides is 1. The first-order chi connectivity index (χ1) is 8.08. The molecule has 0 saturated heterocycles. The summed E-state index contributed by atoms with van der Waals surface area (Å²) in [7, 11) is -3.57. The summed E-state index contributed by atoms with van der Waals surface area (Å²) in [6.07, 6.45) is 2.48. The van der Waals surface area contributed by atoms with Crippen LogP contribution in [0.3, 0.4) is 0 Å². The highest BCUT2D eigenvalue weighted by molar-refractivity contribution is 7.48. The summed E-state index contributed by atoms with van der Waals surface area (Å²) in [6.45, 7) is 7.34. The molecule has 0 aromatic rings. The molecule has 17 heavy (non-hydrogen) atoms. The number of phosphoric ester groups is 1. The Bertz CT molecular complexity index is 270. The molecule has 0 aromatic heterocycles. The van der Waals surface area contributed by atoms with Gasteiger partial charge in [0.25, 0.3) is 0 Å². The highest BCUT2D eigenvalue weighted by Gasteiger charge is 2.25. The van der Waals surface area contributed by atoms with Gasteiger partial charge in [-0.2, -0.15) is 0 Å². The Kier molecular flexibility index (Phi) is 8.99. The lowest BCUT2D eigenvalue weighted by Crippen LogP contribution is -2.23. The number of nitrogens with one attached hydrogen (secondary N) is 1. The molecule has 6 nitrogen and oxygen atoms in total. The molecule has 0 bridgehead atoms. The van der Waals surface area contributed by atoms with E-state index in [9.17, 15) is 9.36 Å². The van der Waals surface area contributed by atoms with Gasteiger partial charge in [0.15, 0.2) is 0 Å². The number of carbonyl (C=O) groups is 1. The topological polar surface area (TPSA) is 73.9 Å². The van der Waals surface area contributed by atoms with Crippen LogP contribution in [-0.2, 0) is 22.9 Å². The van der Waals surface area contributed by atoms with Gasteiger partial charge in [-0.05, 0) is 18.9 Å². The average Bonchev–Trinajstić information content (AvgIpc) is 2.34. The first-order valence-corrected chi connectivity index (χ1v) is 6.98. The van der Waals surface area contributed by atoms with Crippen molar-refractivity contribution in [3.63, 3.8) is 0 Å². The molecule has 0 saturated carbocycles. The van der Waals surface area contributed by atoms with E-state index in [4.69, 9.17) is 13.6 Å². The summed E-state index contributed by atoms with van der Waals surface area (Å²) < 4.78 is 27.0. The zero-order valence-electron chi connectivity index (χ0n) is 10.3. The summed E-state index contributed by atoms with van der Waals surface area (Å²) in [5.41, 5.74) is 0. The maximum atomic E-state index is 12.0. The fourth-order valence-electron chi connectivity index (χ4n) is 0.773. The number of carbonyl (C=O) groups excluding carboxylic acids is 1. The summed E-state index contributed by atoms with van der Waals surface area (Å²) >= 11 is 0. The van der Waals surface area contributed by atoms with E-state index in [1.807, 2.05) is 13.8 Å². The van der Waals surface area contributed by atoms with Crippen LogP contribution in [0.1, 0.15) is 26.7 Å². The first-order valence-electron chi connectivity index (χ1n) is 5.52. The van der Waals surface area contributed by atoms with Gasteiger partial charge in [0.2, 0.25) is 5.91 Å². The molecule has 0 aliphatic rings. The predicted molar refractivity (Wildman–Crippen MR) is 64.4 cm³/mol. The minimum absolute atomic E-state index is 0.241. The van der Waals surface area contributed by atoms with Crippen molar-refractivity contribution in [2.45, 2.75) is 26.7 Å². The molecule has 0 fully saturated rings. The summed E-state index contributed by atoms with van der Waals surface area (Å²) in [5, 5.41) is 2.33. The molecule has 0 aromatic carbocycles. The van der Waals surface area contributed by atoms with Crippen molar-refractivity contribution in [1.29, 1.82) is 0 Å². The monoisotopic (exact) mass is 265 g/mol. The molecule has 0 atom stereocenters. The molecule has 0 aliphatic carbocycles. The molecular formula is C10H20NO5P. The second-order valence-electron chi connectivity index (χ2n) is 3.13. The number of hydrogen-bond donors (Lipinski definition) is 1. The Morgan fingerprint density at radius 3 is 2.18 bits per heavy atom. The van der Waals surface area contributed by atoms with Gasteiger partial charge in [0, 0.05) is 0 Å². The predicted octanol–water partition coefficient (Wildman–Crippen LogP) is 2.22. The van der Waals surface area contributed by atoms with Crippen molar-refractivity contribution in [3.8, 4) is 0 Å². The van der Waals surface area contributed by atoms with Gasteiger partial charge in [0.1, 0.15) is 6.73 Å². The van der Waals surface area contributed by atoms with Crippen molar-refractivity contribution in [2.75, 3.05) is 19.9 Å². The van der Waals surface area contributed by atoms with E-state index in [2.05, 4.69) is 11.9 Å². The molecule has 100 valence electrons. The summed E-state index contributed by atoms with van der Waals surface area (Å²) in [4.78, 5) is 10.8. The van der Waals surface area contributed by atoms with Crippen LogP contribution < -0.4 is 5.32 Å². The van der Waals surface area contributed by atoms with Gasteiger partial charge < -0.3 is 5.32 Å². The van der Waals surface area contributed by atoms with Crippen LogP contribution in [0.5, 0.6) is 0 Å². The molecule has 0 radical (unpaired) electrons. The molecule has 1 N–H and O–H groups in total. The third-order valence-corrected chi connectivity index (χ3v) is 3.00. The third-order valence-electron chi connectivity index (χ3n) is 1.56. The molecule has 7 heteroatoms. The van der Waals surface area contributed by atoms with Crippen molar-refractivity contribution in [3.05, 3.63) is 12.7 Å². The SMILES string of the molecule is C=CC(=O)NCOP(=O)(OCCC)OCCC. The van der Waals surface area contributed by atoms with E-state index >= 15 is 0 Å². The molecule has 1 amide bonds. The van der Waals surface area contributed by atoms with Crippen molar-refractivity contribution < 1.29 is 22.9 Å². The Balaban J connectivity index is 4.12. The lowest BCUT2D eigenvalue weighted by Gasteiger charge is -2.17. The second-order valence-corrected chi connectivity index (χ2v) is 4.80. The van der Waals surface area contributed by atoms with E-state index < -0.39 is 13.7 Å². The number of hydrogen-bond acceptors (Lipinski definition) is 5. The smallest absolute Gasteiger partial charge is 0.329 e. The van der Waals surface area contributed by atoms with E-state index in [0.29, 0.717) is 12.8 Å². The first kappa shape index (κ1) is 16.3. The summed E-state index contributed by atoms with van der Waals surface area (Å²) in [6, 6.07) is 0. The van der Waals surface area contributed by atoms with Gasteiger partial charge in [-0.25, -0.2) is 4.57 Å². The van der Waals surface area contributed by atoms with Crippen LogP contribution in [-0.4, -0.2) is 25.9 Å². The lowest BCUT2D eigenvalue weighted by atomic mass is 10.5. The van der Waals surface area contributed by atoms with Gasteiger partial charge in [-0.3, -0.25) is 18.4 Å². The second kappa shape index (κ2) is 9.36. The van der Waals surface area contributed by atoms with Crippen LogP contribution in [0.15, 0.2) is 12.7 Å². The van der Waals surface area contributed by atoms with Gasteiger partial charge in [0.05, 0.1) is 13.2 Å². The normalized spacial score (nSPS) is 11.2. The zero-order valence-corrected chi connectivity index (χ0v) is 11.2. The van der Waals surface area contributed by atoms with Gasteiger partial charge >= 0.3 is 7.82 Å². The maximum absolute atomic E-state index is 12.0. The quantitative estimate of drug-likeness (QED) is 0.372. The lowest BCUT2D eigenvalue weighted by molar-refractivity contribution is -0.117. The van der Waals surface area contributed by atoms with Crippen LogP contribution >= 0.6 is 7.82 Å². The third kappa shape index (κ3) is 8.10. The van der Waals surface area contributed by atoms with Crippen molar-refractivity contribution in [1.82, 2.24) is 5.32 Å². The molecule has 0 unspecified atom stereocenters. The minimum atomic E-state index is -3.57. The Hall–Kier alpha value is -0.680. The van der Waals surface area contributed by atoms with Crippen LogP contribution in [0, 0.1) is 0 Å². The largest absolute Gasteiger partial charge is 0.476 e. The highest BCUT2D eigenvalue weighted by Crippen LogP contribution is 2.49. The van der Waals surface area contributed by atoms with E-state index in [-0.39, 0.29) is 19.9 Å². The van der Waals surface area contributed by atoms with E-state index in [1.165, 1.54) is 0 Å². The minimum Gasteiger partial charge on any atom is -0.329 e. The van der Waals surface area contributed by atoms with Gasteiger partial charge in [-0.15, -0.1) is 0 Å². The number of rotatable bonds is 10. The fraction of sp³-hybridized carbons (Fsp3) is 0.700. The molecule has 0 heterocycles. The molecular weight excluding hydrogens is 245 g/mol. The molecule has 0 spiro atoms. The number of phosphoric acid groups is 1. The Labute approximate surface area is 102 Å². The fourth-order valence-corrected chi connectivity index (χ4v) is 2.03. The van der Waals surface area contributed by atoms with E-state index in [0.717, 1.165) is 6.08 Å². The molecule has 0 rings (SSSR count). The summed E-state index contributed by atoms with van der Waals surface area (Å²) in [5.74, 6) is -0.414. The Morgan fingerprint density at radius 1 is 1.24 bits per heavy atom. The van der Waals surface area contributed by atoms with Crippen molar-refractivity contribution in [2.24, 2.45) is 0 Å². The van der Waals surface area contributed by atoms with E-state index in [1.54, 1.807) is 0 Å². The zero-order chi connectivity index (χ0) is 13.1. The van der Waals surface area contributed by atoms with Gasteiger partial charge in [-0.1, -0.05) is 20.4 Å². The maximum Gasteiger partial charge on any atom is 0.476 e. The Morgan fingerprint density at radius 2 is 1.76 bits per heavy atom.